The third-order valence-corrected chi connectivity index (χ3v) is 3.91. The van der Waals surface area contributed by atoms with Crippen LogP contribution in [0.2, 0.25) is 0 Å². The van der Waals surface area contributed by atoms with Crippen LogP contribution in [0.25, 0.3) is 11.5 Å². The Morgan fingerprint density at radius 3 is 2.75 bits per heavy atom. The molecule has 0 aliphatic rings. The number of carbonyl (C=O) groups is 1. The van der Waals surface area contributed by atoms with Gasteiger partial charge in [-0.05, 0) is 38.1 Å². The predicted octanol–water partition coefficient (Wildman–Crippen LogP) is 2.35. The first-order valence-electron chi connectivity index (χ1n) is 7.57. The van der Waals surface area contributed by atoms with Crippen molar-refractivity contribution in [1.29, 1.82) is 0 Å². The van der Waals surface area contributed by atoms with Gasteiger partial charge in [-0.3, -0.25) is 9.48 Å². The van der Waals surface area contributed by atoms with Gasteiger partial charge in [-0.1, -0.05) is 0 Å². The molecule has 7 heteroatoms. The first kappa shape index (κ1) is 16.1. The van der Waals surface area contributed by atoms with Crippen LogP contribution in [-0.2, 0) is 7.05 Å². The highest BCUT2D eigenvalue weighted by molar-refractivity contribution is 5.96. The summed E-state index contributed by atoms with van der Waals surface area (Å²) in [5.74, 6) is 1.20. The number of rotatable bonds is 5. The van der Waals surface area contributed by atoms with Crippen molar-refractivity contribution < 1.29 is 18.7 Å². The van der Waals surface area contributed by atoms with Crippen molar-refractivity contribution >= 4 is 5.91 Å². The zero-order chi connectivity index (χ0) is 17.3. The molecule has 1 amide bonds. The number of aliphatic hydroxyl groups is 1. The van der Waals surface area contributed by atoms with E-state index >= 15 is 0 Å². The van der Waals surface area contributed by atoms with Crippen molar-refractivity contribution in [1.82, 2.24) is 15.1 Å². The van der Waals surface area contributed by atoms with E-state index in [1.807, 2.05) is 6.92 Å². The summed E-state index contributed by atoms with van der Waals surface area (Å²) in [6.45, 7) is 3.64. The minimum atomic E-state index is -0.949. The van der Waals surface area contributed by atoms with Crippen LogP contribution in [0.4, 0.5) is 0 Å². The minimum Gasteiger partial charge on any atom is -0.461 e. The Labute approximate surface area is 138 Å². The number of nitrogens with one attached hydrogen (secondary N) is 1. The van der Waals surface area contributed by atoms with Crippen LogP contribution in [-0.4, -0.2) is 27.3 Å². The van der Waals surface area contributed by atoms with E-state index in [1.54, 1.807) is 49.2 Å². The van der Waals surface area contributed by atoms with Crippen molar-refractivity contribution in [3.63, 3.8) is 0 Å². The summed E-state index contributed by atoms with van der Waals surface area (Å²) in [7, 11) is 1.78. The molecule has 2 N–H and O–H groups in total. The third-order valence-electron chi connectivity index (χ3n) is 3.91. The van der Waals surface area contributed by atoms with Crippen LogP contribution >= 0.6 is 0 Å². The van der Waals surface area contributed by atoms with Gasteiger partial charge in [0, 0.05) is 12.7 Å². The van der Waals surface area contributed by atoms with E-state index in [0.717, 1.165) is 5.69 Å². The molecule has 0 aliphatic carbocycles. The van der Waals surface area contributed by atoms with Crippen LogP contribution in [0.15, 0.2) is 39.4 Å². The van der Waals surface area contributed by atoms with Crippen LogP contribution in [0.3, 0.4) is 0 Å². The summed E-state index contributed by atoms with van der Waals surface area (Å²) in [6, 6.07) is 6.90. The Bertz CT molecular complexity index is 845. The molecule has 0 bridgehead atoms. The number of amides is 1. The Morgan fingerprint density at radius 1 is 1.33 bits per heavy atom. The van der Waals surface area contributed by atoms with Crippen molar-refractivity contribution in [2.24, 2.45) is 7.05 Å². The quantitative estimate of drug-likeness (QED) is 0.749. The molecule has 0 saturated heterocycles. The van der Waals surface area contributed by atoms with Crippen molar-refractivity contribution in [3.8, 4) is 11.5 Å². The number of aliphatic hydroxyl groups excluding tert-OH is 1. The number of hydrogen-bond donors (Lipinski definition) is 2. The SMILES string of the molecule is Cc1nn(C)c(C)c1C(=O)NCC(O)c1ccc(-c2ccco2)o1. The van der Waals surface area contributed by atoms with E-state index in [-0.39, 0.29) is 12.5 Å². The molecule has 3 aromatic heterocycles. The molecule has 1 atom stereocenters. The molecule has 0 aromatic carbocycles. The molecule has 0 aliphatic heterocycles. The minimum absolute atomic E-state index is 0.0394. The van der Waals surface area contributed by atoms with Gasteiger partial charge < -0.3 is 19.3 Å². The number of hydrogen-bond acceptors (Lipinski definition) is 5. The summed E-state index contributed by atoms with van der Waals surface area (Å²) < 4.78 is 12.5. The van der Waals surface area contributed by atoms with Gasteiger partial charge in [0.2, 0.25) is 0 Å². The standard InChI is InChI=1S/C17H19N3O4/c1-10-16(11(2)20(3)19-10)17(22)18-9-12(21)13-6-7-15(24-13)14-5-4-8-23-14/h4-8,12,21H,9H2,1-3H3,(H,18,22). The van der Waals surface area contributed by atoms with Crippen LogP contribution in [0, 0.1) is 13.8 Å². The second-order valence-electron chi connectivity index (χ2n) is 5.57. The second kappa shape index (κ2) is 6.37. The molecule has 0 spiro atoms. The van der Waals surface area contributed by atoms with Crippen molar-refractivity contribution in [2.45, 2.75) is 20.0 Å². The fourth-order valence-corrected chi connectivity index (χ4v) is 2.56. The molecule has 126 valence electrons. The van der Waals surface area contributed by atoms with E-state index in [9.17, 15) is 9.90 Å². The van der Waals surface area contributed by atoms with Gasteiger partial charge in [-0.25, -0.2) is 0 Å². The van der Waals surface area contributed by atoms with E-state index in [1.165, 1.54) is 0 Å². The number of aromatic nitrogens is 2. The normalized spacial score (nSPS) is 12.3. The first-order valence-corrected chi connectivity index (χ1v) is 7.57. The largest absolute Gasteiger partial charge is 0.461 e. The Morgan fingerprint density at radius 2 is 2.12 bits per heavy atom. The molecular weight excluding hydrogens is 310 g/mol. The Kier molecular flexibility index (Phi) is 4.26. The highest BCUT2D eigenvalue weighted by Crippen LogP contribution is 2.25. The molecule has 3 aromatic rings. The molecule has 24 heavy (non-hydrogen) atoms. The lowest BCUT2D eigenvalue weighted by atomic mass is 10.2. The van der Waals surface area contributed by atoms with Gasteiger partial charge in [-0.15, -0.1) is 0 Å². The lowest BCUT2D eigenvalue weighted by Crippen LogP contribution is -2.29. The van der Waals surface area contributed by atoms with Gasteiger partial charge in [-0.2, -0.15) is 5.10 Å². The van der Waals surface area contributed by atoms with E-state index < -0.39 is 6.10 Å². The maximum atomic E-state index is 12.3. The smallest absolute Gasteiger partial charge is 0.255 e. The molecule has 0 fully saturated rings. The molecule has 7 nitrogen and oxygen atoms in total. The zero-order valence-corrected chi connectivity index (χ0v) is 13.7. The van der Waals surface area contributed by atoms with Gasteiger partial charge in [0.25, 0.3) is 5.91 Å². The molecule has 3 rings (SSSR count). The maximum absolute atomic E-state index is 12.3. The predicted molar refractivity (Wildman–Crippen MR) is 86.4 cm³/mol. The van der Waals surface area contributed by atoms with Gasteiger partial charge >= 0.3 is 0 Å². The highest BCUT2D eigenvalue weighted by atomic mass is 16.4. The summed E-state index contributed by atoms with van der Waals surface area (Å²) in [5.41, 5.74) is 1.96. The Balaban J connectivity index is 1.65. The molecule has 3 heterocycles. The van der Waals surface area contributed by atoms with Gasteiger partial charge in [0.15, 0.2) is 11.5 Å². The van der Waals surface area contributed by atoms with Gasteiger partial charge in [0.05, 0.1) is 24.1 Å². The topological polar surface area (TPSA) is 93.4 Å². The molecule has 0 radical (unpaired) electrons. The Hall–Kier alpha value is -2.80. The highest BCUT2D eigenvalue weighted by Gasteiger charge is 2.20. The zero-order valence-electron chi connectivity index (χ0n) is 13.7. The van der Waals surface area contributed by atoms with Gasteiger partial charge in [0.1, 0.15) is 11.9 Å². The maximum Gasteiger partial charge on any atom is 0.255 e. The van der Waals surface area contributed by atoms with Crippen molar-refractivity contribution in [3.05, 3.63) is 53.2 Å². The summed E-state index contributed by atoms with van der Waals surface area (Å²) in [4.78, 5) is 12.3. The monoisotopic (exact) mass is 329 g/mol. The molecular formula is C17H19N3O4. The number of furan rings is 2. The fraction of sp³-hybridized carbons (Fsp3) is 0.294. The number of carbonyl (C=O) groups excluding carboxylic acids is 1. The van der Waals surface area contributed by atoms with Crippen LogP contribution in [0.1, 0.15) is 33.6 Å². The summed E-state index contributed by atoms with van der Waals surface area (Å²) >= 11 is 0. The van der Waals surface area contributed by atoms with E-state index in [2.05, 4.69) is 10.4 Å². The third kappa shape index (κ3) is 2.98. The van der Waals surface area contributed by atoms with Crippen LogP contribution in [0.5, 0.6) is 0 Å². The van der Waals surface area contributed by atoms with E-state index in [0.29, 0.717) is 28.5 Å². The lowest BCUT2D eigenvalue weighted by Gasteiger charge is -2.10. The van der Waals surface area contributed by atoms with E-state index in [4.69, 9.17) is 8.83 Å². The van der Waals surface area contributed by atoms with Crippen LogP contribution < -0.4 is 5.32 Å². The molecule has 0 saturated carbocycles. The fourth-order valence-electron chi connectivity index (χ4n) is 2.56. The average Bonchev–Trinajstić information content (AvgIpc) is 3.26. The lowest BCUT2D eigenvalue weighted by molar-refractivity contribution is 0.0900. The summed E-state index contributed by atoms with van der Waals surface area (Å²) in [5, 5.41) is 17.1. The first-order chi connectivity index (χ1) is 11.5. The van der Waals surface area contributed by atoms with Crippen molar-refractivity contribution in [2.75, 3.05) is 6.54 Å². The number of nitrogens with zero attached hydrogens (tertiary/aromatic N) is 2. The molecule has 1 unspecified atom stereocenters. The second-order valence-corrected chi connectivity index (χ2v) is 5.57. The average molecular weight is 329 g/mol. The number of aryl methyl sites for hydroxylation is 2. The summed E-state index contributed by atoms with van der Waals surface area (Å²) in [6.07, 6.45) is 0.599.